The topological polar surface area (TPSA) is 154 Å². The van der Waals surface area contributed by atoms with Crippen LogP contribution in [-0.2, 0) is 20.9 Å². The Morgan fingerprint density at radius 3 is 2.71 bits per heavy atom. The van der Waals surface area contributed by atoms with Gasteiger partial charge in [-0.1, -0.05) is 13.0 Å². The van der Waals surface area contributed by atoms with E-state index in [9.17, 15) is 19.8 Å². The van der Waals surface area contributed by atoms with Crippen molar-refractivity contribution in [2.75, 3.05) is 23.4 Å². The molecule has 10 heteroatoms. The average molecular weight is 466 g/mol. The summed E-state index contributed by atoms with van der Waals surface area (Å²) >= 11 is 0. The summed E-state index contributed by atoms with van der Waals surface area (Å²) in [5.41, 5.74) is 6.84. The number of nitrogens with two attached hydrogens (primary N) is 1. The number of rotatable bonds is 7. The van der Waals surface area contributed by atoms with Gasteiger partial charge in [0.2, 0.25) is 0 Å². The van der Waals surface area contributed by atoms with Crippen molar-refractivity contribution in [3.05, 3.63) is 54.2 Å². The molecule has 2 aromatic carbocycles. The fraction of sp³-hybridized carbons (Fsp3) is 0.292. The van der Waals surface area contributed by atoms with Crippen LogP contribution in [0.2, 0.25) is 0 Å². The third kappa shape index (κ3) is 4.45. The maximum absolute atomic E-state index is 13.1. The number of amidine groups is 1. The number of nitrogens with one attached hydrogen (secondary N) is 2. The molecule has 2 heterocycles. The Hall–Kier alpha value is -3.89. The Kier molecular flexibility index (Phi) is 6.53. The third-order valence-electron chi connectivity index (χ3n) is 5.76. The van der Waals surface area contributed by atoms with Crippen molar-refractivity contribution in [2.45, 2.75) is 32.1 Å². The molecular formula is C24H27N5O5. The quantitative estimate of drug-likeness (QED) is 0.265. The molecule has 2 atom stereocenters. The molecule has 4 rings (SSSR count). The number of benzene rings is 2. The molecule has 34 heavy (non-hydrogen) atoms. The predicted molar refractivity (Wildman–Crippen MR) is 128 cm³/mol. The molecule has 0 saturated carbocycles. The SMILES string of the molecule is CCCn1cc2ccc(N3CCO[C@H]([C@@H](O)C(=O)Nc4ccc(C(=N)N)cc4)C3=O)cc2c1O. The van der Waals surface area contributed by atoms with Gasteiger partial charge in [0, 0.05) is 47.0 Å². The van der Waals surface area contributed by atoms with E-state index in [1.165, 1.54) is 4.90 Å². The number of amides is 2. The summed E-state index contributed by atoms with van der Waals surface area (Å²) < 4.78 is 7.22. The van der Waals surface area contributed by atoms with Crippen molar-refractivity contribution in [3.63, 3.8) is 0 Å². The van der Waals surface area contributed by atoms with Crippen LogP contribution in [0.1, 0.15) is 18.9 Å². The number of aliphatic hydroxyl groups excluding tert-OH is 1. The lowest BCUT2D eigenvalue weighted by Gasteiger charge is -2.34. The Morgan fingerprint density at radius 2 is 2.03 bits per heavy atom. The highest BCUT2D eigenvalue weighted by Crippen LogP contribution is 2.32. The van der Waals surface area contributed by atoms with Crippen LogP contribution in [0.3, 0.4) is 0 Å². The number of anilines is 2. The van der Waals surface area contributed by atoms with Crippen molar-refractivity contribution in [1.82, 2.24) is 4.57 Å². The minimum absolute atomic E-state index is 0.104. The summed E-state index contributed by atoms with van der Waals surface area (Å²) in [5.74, 6) is -1.31. The molecule has 10 nitrogen and oxygen atoms in total. The Balaban J connectivity index is 1.50. The highest BCUT2D eigenvalue weighted by Gasteiger charge is 2.39. The molecule has 2 amide bonds. The second kappa shape index (κ2) is 9.54. The highest BCUT2D eigenvalue weighted by molar-refractivity contribution is 6.05. The maximum Gasteiger partial charge on any atom is 0.259 e. The van der Waals surface area contributed by atoms with E-state index < -0.39 is 24.0 Å². The van der Waals surface area contributed by atoms with Gasteiger partial charge in [-0.2, -0.15) is 0 Å². The van der Waals surface area contributed by atoms with Crippen LogP contribution >= 0.6 is 0 Å². The number of hydrogen-bond acceptors (Lipinski definition) is 6. The van der Waals surface area contributed by atoms with Crippen molar-refractivity contribution in [2.24, 2.45) is 5.73 Å². The second-order valence-corrected chi connectivity index (χ2v) is 8.12. The van der Waals surface area contributed by atoms with Crippen LogP contribution in [0.5, 0.6) is 5.88 Å². The monoisotopic (exact) mass is 465 g/mol. The smallest absolute Gasteiger partial charge is 0.259 e. The first-order valence-corrected chi connectivity index (χ1v) is 11.0. The van der Waals surface area contributed by atoms with Gasteiger partial charge >= 0.3 is 0 Å². The van der Waals surface area contributed by atoms with Crippen LogP contribution in [0.4, 0.5) is 11.4 Å². The van der Waals surface area contributed by atoms with Gasteiger partial charge in [-0.15, -0.1) is 0 Å². The number of hydrogen-bond donors (Lipinski definition) is 5. The summed E-state index contributed by atoms with van der Waals surface area (Å²) in [5, 5.41) is 32.5. The van der Waals surface area contributed by atoms with Gasteiger partial charge in [0.05, 0.1) is 6.61 Å². The molecule has 0 spiro atoms. The Morgan fingerprint density at radius 1 is 1.29 bits per heavy atom. The van der Waals surface area contributed by atoms with Crippen LogP contribution in [0.25, 0.3) is 10.8 Å². The normalized spacial score (nSPS) is 17.1. The van der Waals surface area contributed by atoms with Gasteiger partial charge in [0.25, 0.3) is 11.8 Å². The summed E-state index contributed by atoms with van der Waals surface area (Å²) in [4.78, 5) is 27.2. The molecule has 0 aliphatic carbocycles. The fourth-order valence-corrected chi connectivity index (χ4v) is 3.99. The van der Waals surface area contributed by atoms with Crippen molar-refractivity contribution >= 4 is 39.8 Å². The van der Waals surface area contributed by atoms with Crippen LogP contribution in [-0.4, -0.2) is 57.8 Å². The van der Waals surface area contributed by atoms with Crippen LogP contribution in [0.15, 0.2) is 48.7 Å². The Labute approximate surface area is 196 Å². The molecule has 0 radical (unpaired) electrons. The molecule has 178 valence electrons. The van der Waals surface area contributed by atoms with Gasteiger partial charge in [-0.3, -0.25) is 15.0 Å². The number of nitrogens with zero attached hydrogens (tertiary/aromatic N) is 2. The first kappa shape index (κ1) is 23.3. The molecule has 0 bridgehead atoms. The summed E-state index contributed by atoms with van der Waals surface area (Å²) in [6, 6.07) is 11.5. The van der Waals surface area contributed by atoms with E-state index >= 15 is 0 Å². The largest absolute Gasteiger partial charge is 0.494 e. The number of aryl methyl sites for hydroxylation is 1. The average Bonchev–Trinajstić information content (AvgIpc) is 3.14. The minimum atomic E-state index is -1.73. The highest BCUT2D eigenvalue weighted by atomic mass is 16.5. The molecule has 1 fully saturated rings. The third-order valence-corrected chi connectivity index (χ3v) is 5.76. The number of morpholine rings is 1. The zero-order valence-corrected chi connectivity index (χ0v) is 18.7. The molecular weight excluding hydrogens is 438 g/mol. The lowest BCUT2D eigenvalue weighted by molar-refractivity contribution is -0.150. The van der Waals surface area contributed by atoms with Crippen molar-refractivity contribution in [1.29, 1.82) is 5.41 Å². The summed E-state index contributed by atoms with van der Waals surface area (Å²) in [7, 11) is 0. The zero-order chi connectivity index (χ0) is 24.4. The lowest BCUT2D eigenvalue weighted by Crippen LogP contribution is -2.55. The van der Waals surface area contributed by atoms with Crippen molar-refractivity contribution < 1.29 is 24.5 Å². The molecule has 6 N–H and O–H groups in total. The van der Waals surface area contributed by atoms with Gasteiger partial charge in [0.1, 0.15) is 5.84 Å². The Bertz CT molecular complexity index is 1240. The van der Waals surface area contributed by atoms with E-state index in [4.69, 9.17) is 15.9 Å². The first-order valence-electron chi connectivity index (χ1n) is 11.0. The number of fused-ring (bicyclic) bond motifs is 1. The molecule has 0 unspecified atom stereocenters. The van der Waals surface area contributed by atoms with Gasteiger partial charge in [-0.05, 0) is 42.8 Å². The van der Waals surface area contributed by atoms with Crippen LogP contribution in [0, 0.1) is 5.41 Å². The standard InChI is InChI=1S/C24H27N5O5/c1-2-9-28-13-15-5-8-17(12-18(15)23(28)32)29-10-11-34-20(24(29)33)19(30)22(31)27-16-6-3-14(4-7-16)21(25)26/h3-8,12-13,19-20,30,32H,2,9-11H2,1H3,(H3,25,26)(H,27,31)/t19-,20-/m1/s1. The fourth-order valence-electron chi connectivity index (χ4n) is 3.99. The number of nitrogen functional groups attached to an aromatic ring is 1. The molecule has 3 aromatic rings. The van der Waals surface area contributed by atoms with Crippen molar-refractivity contribution in [3.8, 4) is 5.88 Å². The van der Waals surface area contributed by atoms with Crippen LogP contribution < -0.4 is 16.0 Å². The summed E-state index contributed by atoms with van der Waals surface area (Å²) in [6.07, 6.45) is -0.380. The van der Waals surface area contributed by atoms with E-state index in [0.29, 0.717) is 28.9 Å². The predicted octanol–water partition coefficient (Wildman–Crippen LogP) is 1.77. The second-order valence-electron chi connectivity index (χ2n) is 8.12. The molecule has 1 aliphatic rings. The molecule has 1 aromatic heterocycles. The van der Waals surface area contributed by atoms with Gasteiger partial charge < -0.3 is 35.5 Å². The van der Waals surface area contributed by atoms with Gasteiger partial charge in [-0.25, -0.2) is 0 Å². The number of ether oxygens (including phenoxy) is 1. The van der Waals surface area contributed by atoms with Gasteiger partial charge in [0.15, 0.2) is 18.1 Å². The number of aromatic hydroxyl groups is 1. The first-order chi connectivity index (χ1) is 16.3. The van der Waals surface area contributed by atoms with E-state index in [1.54, 1.807) is 41.0 Å². The number of carbonyl (C=O) groups excluding carboxylic acids is 2. The van der Waals surface area contributed by atoms with E-state index in [2.05, 4.69) is 5.32 Å². The zero-order valence-electron chi connectivity index (χ0n) is 18.7. The van der Waals surface area contributed by atoms with E-state index in [0.717, 1.165) is 11.8 Å². The number of aromatic nitrogens is 1. The van der Waals surface area contributed by atoms with E-state index in [1.807, 2.05) is 19.2 Å². The summed E-state index contributed by atoms with van der Waals surface area (Å²) in [6.45, 7) is 3.07. The minimum Gasteiger partial charge on any atom is -0.494 e. The molecule has 1 saturated heterocycles. The number of aliphatic hydroxyl groups is 1. The maximum atomic E-state index is 13.1. The molecule has 1 aliphatic heterocycles. The number of carbonyl (C=O) groups is 2. The van der Waals surface area contributed by atoms with E-state index in [-0.39, 0.29) is 24.9 Å². The lowest BCUT2D eigenvalue weighted by atomic mass is 10.1.